The van der Waals surface area contributed by atoms with Gasteiger partial charge in [0.2, 0.25) is 17.7 Å². The molecule has 156 valence electrons. The van der Waals surface area contributed by atoms with E-state index in [1.54, 1.807) is 0 Å². The number of rotatable bonds is 8. The Morgan fingerprint density at radius 3 is 2.21 bits per heavy atom. The van der Waals surface area contributed by atoms with Crippen LogP contribution in [0.2, 0.25) is 0 Å². The van der Waals surface area contributed by atoms with Crippen molar-refractivity contribution < 1.29 is 34.2 Å². The summed E-state index contributed by atoms with van der Waals surface area (Å²) in [5.41, 5.74) is 5.59. The molecule has 2 saturated heterocycles. The number of likely N-dealkylation sites (tertiary alicyclic amines) is 2. The van der Waals surface area contributed by atoms with E-state index in [4.69, 9.17) is 10.8 Å². The first-order valence-corrected chi connectivity index (χ1v) is 9.30. The van der Waals surface area contributed by atoms with Crippen LogP contribution in [0.5, 0.6) is 0 Å². The molecule has 28 heavy (non-hydrogen) atoms. The summed E-state index contributed by atoms with van der Waals surface area (Å²) in [7, 11) is 0. The van der Waals surface area contributed by atoms with Crippen LogP contribution in [-0.4, -0.2) is 87.4 Å². The fraction of sp³-hybridized carbons (Fsp3) is 0.706. The van der Waals surface area contributed by atoms with Crippen molar-refractivity contribution in [3.63, 3.8) is 0 Å². The molecule has 2 heterocycles. The van der Waals surface area contributed by atoms with Crippen molar-refractivity contribution in [1.82, 2.24) is 15.1 Å². The Kier molecular flexibility index (Phi) is 7.32. The van der Waals surface area contributed by atoms with Crippen LogP contribution in [-0.2, 0) is 24.0 Å². The number of carboxylic acids is 2. The molecular formula is C17H26N4O7. The van der Waals surface area contributed by atoms with Gasteiger partial charge in [0.15, 0.2) is 0 Å². The van der Waals surface area contributed by atoms with E-state index in [0.717, 1.165) is 0 Å². The first kappa shape index (κ1) is 21.6. The second kappa shape index (κ2) is 9.49. The number of carbonyl (C=O) groups excluding carboxylic acids is 3. The van der Waals surface area contributed by atoms with Crippen LogP contribution in [0.15, 0.2) is 0 Å². The van der Waals surface area contributed by atoms with Gasteiger partial charge in [-0.15, -0.1) is 0 Å². The number of hydrogen-bond donors (Lipinski definition) is 4. The van der Waals surface area contributed by atoms with E-state index in [1.807, 2.05) is 0 Å². The van der Waals surface area contributed by atoms with Gasteiger partial charge in [0, 0.05) is 19.5 Å². The van der Waals surface area contributed by atoms with Gasteiger partial charge in [-0.3, -0.25) is 19.2 Å². The smallest absolute Gasteiger partial charge is 0.326 e. The van der Waals surface area contributed by atoms with Crippen molar-refractivity contribution in [3.05, 3.63) is 0 Å². The van der Waals surface area contributed by atoms with E-state index in [2.05, 4.69) is 5.32 Å². The maximum Gasteiger partial charge on any atom is 0.326 e. The van der Waals surface area contributed by atoms with Gasteiger partial charge < -0.3 is 31.1 Å². The van der Waals surface area contributed by atoms with Crippen LogP contribution >= 0.6 is 0 Å². The van der Waals surface area contributed by atoms with Crippen LogP contribution in [0.3, 0.4) is 0 Å². The second-order valence-electron chi connectivity index (χ2n) is 7.03. The van der Waals surface area contributed by atoms with Gasteiger partial charge >= 0.3 is 11.9 Å². The van der Waals surface area contributed by atoms with Crippen molar-refractivity contribution in [3.8, 4) is 0 Å². The lowest BCUT2D eigenvalue weighted by atomic mass is 10.1. The highest BCUT2D eigenvalue weighted by molar-refractivity contribution is 5.93. The summed E-state index contributed by atoms with van der Waals surface area (Å²) in [5, 5.41) is 20.2. The minimum Gasteiger partial charge on any atom is -0.481 e. The summed E-state index contributed by atoms with van der Waals surface area (Å²) in [6, 6.07) is -2.64. The maximum absolute atomic E-state index is 12.8. The lowest BCUT2D eigenvalue weighted by Gasteiger charge is -2.30. The molecule has 0 aromatic rings. The van der Waals surface area contributed by atoms with Gasteiger partial charge in [-0.05, 0) is 32.1 Å². The molecule has 3 atom stereocenters. The van der Waals surface area contributed by atoms with Crippen LogP contribution in [0, 0.1) is 0 Å². The lowest BCUT2D eigenvalue weighted by Crippen LogP contribution is -2.53. The predicted molar refractivity (Wildman–Crippen MR) is 95.0 cm³/mol. The Labute approximate surface area is 161 Å². The van der Waals surface area contributed by atoms with Gasteiger partial charge in [0.1, 0.15) is 12.1 Å². The Morgan fingerprint density at radius 2 is 1.61 bits per heavy atom. The molecule has 0 aliphatic carbocycles. The molecule has 0 aromatic heterocycles. The van der Waals surface area contributed by atoms with Crippen molar-refractivity contribution in [2.75, 3.05) is 19.6 Å². The van der Waals surface area contributed by atoms with Gasteiger partial charge in [-0.2, -0.15) is 0 Å². The van der Waals surface area contributed by atoms with E-state index in [1.165, 1.54) is 9.80 Å². The second-order valence-corrected chi connectivity index (χ2v) is 7.03. The molecule has 2 fully saturated rings. The third-order valence-corrected chi connectivity index (χ3v) is 5.10. The summed E-state index contributed by atoms with van der Waals surface area (Å²) in [4.78, 5) is 61.6. The molecule has 0 bridgehead atoms. The zero-order chi connectivity index (χ0) is 20.8. The molecule has 2 aliphatic heterocycles. The molecule has 11 nitrogen and oxygen atoms in total. The largest absolute Gasteiger partial charge is 0.481 e. The highest BCUT2D eigenvalue weighted by Gasteiger charge is 2.42. The first-order valence-electron chi connectivity index (χ1n) is 9.30. The van der Waals surface area contributed by atoms with Gasteiger partial charge in [-0.1, -0.05) is 0 Å². The molecule has 11 heteroatoms. The van der Waals surface area contributed by atoms with E-state index in [-0.39, 0.29) is 25.3 Å². The van der Waals surface area contributed by atoms with E-state index >= 15 is 0 Å². The predicted octanol–water partition coefficient (Wildman–Crippen LogP) is -1.64. The number of carboxylic acid groups (broad SMARTS) is 2. The summed E-state index contributed by atoms with van der Waals surface area (Å²) >= 11 is 0. The quantitative estimate of drug-likeness (QED) is 0.377. The normalized spacial score (nSPS) is 22.8. The van der Waals surface area contributed by atoms with Crippen molar-refractivity contribution in [2.24, 2.45) is 5.73 Å². The maximum atomic E-state index is 12.8. The monoisotopic (exact) mass is 398 g/mol. The Hall–Kier alpha value is -2.69. The molecule has 0 radical (unpaired) electrons. The third kappa shape index (κ3) is 5.18. The average molecular weight is 398 g/mol. The highest BCUT2D eigenvalue weighted by Crippen LogP contribution is 2.25. The molecule has 2 aliphatic rings. The Balaban J connectivity index is 1.90. The number of carbonyl (C=O) groups is 5. The molecule has 3 unspecified atom stereocenters. The number of nitrogens with zero attached hydrogens (tertiary/aromatic N) is 2. The van der Waals surface area contributed by atoms with E-state index in [9.17, 15) is 29.1 Å². The summed E-state index contributed by atoms with van der Waals surface area (Å²) in [5.74, 6) is -3.59. The molecule has 2 rings (SSSR count). The topological polar surface area (TPSA) is 170 Å². The zero-order valence-electron chi connectivity index (χ0n) is 15.5. The first-order chi connectivity index (χ1) is 13.2. The number of amides is 3. The Morgan fingerprint density at radius 1 is 1.00 bits per heavy atom. The fourth-order valence-corrected chi connectivity index (χ4v) is 3.61. The minimum absolute atomic E-state index is 0.0499. The van der Waals surface area contributed by atoms with Crippen LogP contribution < -0.4 is 11.1 Å². The SMILES string of the molecule is NC(CCC(=O)O)C(=O)NCC(=O)N1CCCC1C(=O)N1CCCC1C(=O)O. The highest BCUT2D eigenvalue weighted by atomic mass is 16.4. The molecular weight excluding hydrogens is 372 g/mol. The molecule has 0 saturated carbocycles. The van der Waals surface area contributed by atoms with E-state index < -0.39 is 41.9 Å². The number of nitrogens with one attached hydrogen (secondary N) is 1. The number of hydrogen-bond acceptors (Lipinski definition) is 6. The molecule has 0 spiro atoms. The summed E-state index contributed by atoms with van der Waals surface area (Å²) in [6.45, 7) is 0.344. The van der Waals surface area contributed by atoms with E-state index in [0.29, 0.717) is 38.8 Å². The van der Waals surface area contributed by atoms with Gasteiger partial charge in [-0.25, -0.2) is 4.79 Å². The summed E-state index contributed by atoms with van der Waals surface area (Å²) in [6.07, 6.45) is 1.75. The zero-order valence-corrected chi connectivity index (χ0v) is 15.5. The van der Waals surface area contributed by atoms with Crippen LogP contribution in [0.1, 0.15) is 38.5 Å². The van der Waals surface area contributed by atoms with Gasteiger partial charge in [0.25, 0.3) is 0 Å². The molecule has 0 aromatic carbocycles. The molecule has 5 N–H and O–H groups in total. The van der Waals surface area contributed by atoms with Crippen molar-refractivity contribution in [1.29, 1.82) is 0 Å². The van der Waals surface area contributed by atoms with Crippen molar-refractivity contribution >= 4 is 29.7 Å². The molecule has 3 amide bonds. The summed E-state index contributed by atoms with van der Waals surface area (Å²) < 4.78 is 0. The number of nitrogens with two attached hydrogens (primary N) is 1. The van der Waals surface area contributed by atoms with Crippen molar-refractivity contribution in [2.45, 2.75) is 56.7 Å². The van der Waals surface area contributed by atoms with Crippen LogP contribution in [0.4, 0.5) is 0 Å². The number of aliphatic carboxylic acids is 2. The standard InChI is InChI=1S/C17H26N4O7/c18-10(5-6-14(23)24)15(25)19-9-13(22)20-7-1-3-11(20)16(26)21-8-2-4-12(21)17(27)28/h10-12H,1-9,18H2,(H,19,25)(H,23,24)(H,27,28). The Bertz CT molecular complexity index is 653. The fourth-order valence-electron chi connectivity index (χ4n) is 3.61. The van der Waals surface area contributed by atoms with Gasteiger partial charge in [0.05, 0.1) is 12.6 Å². The average Bonchev–Trinajstić information content (AvgIpc) is 3.32. The third-order valence-electron chi connectivity index (χ3n) is 5.10. The lowest BCUT2D eigenvalue weighted by molar-refractivity contribution is -0.151. The van der Waals surface area contributed by atoms with Crippen LogP contribution in [0.25, 0.3) is 0 Å². The minimum atomic E-state index is -1.07.